The van der Waals surface area contributed by atoms with E-state index in [4.69, 9.17) is 14.2 Å². The van der Waals surface area contributed by atoms with E-state index in [1.807, 2.05) is 37.3 Å². The van der Waals surface area contributed by atoms with Gasteiger partial charge in [-0.2, -0.15) is 0 Å². The second-order valence-electron chi connectivity index (χ2n) is 7.55. The van der Waals surface area contributed by atoms with Crippen molar-refractivity contribution in [1.82, 2.24) is 0 Å². The summed E-state index contributed by atoms with van der Waals surface area (Å²) in [6.07, 6.45) is 4.90. The number of amides is 1. The number of ether oxygens (including phenoxy) is 3. The number of fused-ring (bicyclic) bond motifs is 2. The Morgan fingerprint density at radius 2 is 1.97 bits per heavy atom. The average molecular weight is 407 g/mol. The molecule has 30 heavy (non-hydrogen) atoms. The van der Waals surface area contributed by atoms with E-state index in [-0.39, 0.29) is 17.8 Å². The largest absolute Gasteiger partial charge is 0.497 e. The Labute approximate surface area is 176 Å². The third-order valence-electron chi connectivity index (χ3n) is 5.85. The van der Waals surface area contributed by atoms with Crippen LogP contribution in [0.1, 0.15) is 34.8 Å². The van der Waals surface area contributed by atoms with Gasteiger partial charge in [0.2, 0.25) is 0 Å². The SMILES string of the molecule is COC(=O)c1ccc(CN2C(=O)[C@]3(OCCC=C[C@@H]3C)c3cc(OC)ccc32)cc1. The molecule has 2 aromatic carbocycles. The molecule has 156 valence electrons. The Balaban J connectivity index is 1.74. The van der Waals surface area contributed by atoms with E-state index in [0.717, 1.165) is 23.2 Å². The van der Waals surface area contributed by atoms with E-state index in [2.05, 4.69) is 12.2 Å². The molecule has 0 aromatic heterocycles. The highest BCUT2D eigenvalue weighted by Crippen LogP contribution is 2.50. The third kappa shape index (κ3) is 3.17. The maximum absolute atomic E-state index is 13.8. The van der Waals surface area contributed by atoms with Gasteiger partial charge in [-0.05, 0) is 42.3 Å². The first-order valence-electron chi connectivity index (χ1n) is 9.99. The molecule has 0 unspecified atom stereocenters. The quantitative estimate of drug-likeness (QED) is 0.569. The number of anilines is 1. The molecule has 2 heterocycles. The second kappa shape index (κ2) is 7.95. The van der Waals surface area contributed by atoms with Crippen LogP contribution in [0, 0.1) is 5.92 Å². The van der Waals surface area contributed by atoms with Crippen molar-refractivity contribution in [3.8, 4) is 5.75 Å². The molecule has 0 saturated heterocycles. The highest BCUT2D eigenvalue weighted by molar-refractivity contribution is 6.07. The third-order valence-corrected chi connectivity index (χ3v) is 5.85. The topological polar surface area (TPSA) is 65.1 Å². The summed E-state index contributed by atoms with van der Waals surface area (Å²) in [5, 5.41) is 0. The van der Waals surface area contributed by atoms with Gasteiger partial charge in [-0.25, -0.2) is 4.79 Å². The van der Waals surface area contributed by atoms with E-state index < -0.39 is 5.60 Å². The molecular weight excluding hydrogens is 382 g/mol. The van der Waals surface area contributed by atoms with Gasteiger partial charge < -0.3 is 19.1 Å². The van der Waals surface area contributed by atoms with Gasteiger partial charge in [-0.15, -0.1) is 0 Å². The van der Waals surface area contributed by atoms with Crippen molar-refractivity contribution in [2.45, 2.75) is 25.5 Å². The predicted molar refractivity (Wildman–Crippen MR) is 113 cm³/mol. The number of carbonyl (C=O) groups excluding carboxylic acids is 2. The maximum Gasteiger partial charge on any atom is 0.337 e. The fourth-order valence-electron chi connectivity index (χ4n) is 4.24. The van der Waals surface area contributed by atoms with Crippen molar-refractivity contribution in [2.75, 3.05) is 25.7 Å². The minimum atomic E-state index is -1.07. The van der Waals surface area contributed by atoms with Crippen LogP contribution in [0.5, 0.6) is 5.75 Å². The van der Waals surface area contributed by atoms with Crippen molar-refractivity contribution in [2.24, 2.45) is 5.92 Å². The van der Waals surface area contributed by atoms with E-state index in [9.17, 15) is 9.59 Å². The van der Waals surface area contributed by atoms with Crippen LogP contribution < -0.4 is 9.64 Å². The van der Waals surface area contributed by atoms with Gasteiger partial charge in [0.05, 0.1) is 38.6 Å². The smallest absolute Gasteiger partial charge is 0.337 e. The van der Waals surface area contributed by atoms with Crippen molar-refractivity contribution >= 4 is 17.6 Å². The zero-order valence-corrected chi connectivity index (χ0v) is 17.4. The lowest BCUT2D eigenvalue weighted by Gasteiger charge is -2.32. The lowest BCUT2D eigenvalue weighted by atomic mass is 9.83. The van der Waals surface area contributed by atoms with Crippen molar-refractivity contribution in [1.29, 1.82) is 0 Å². The van der Waals surface area contributed by atoms with E-state index >= 15 is 0 Å². The molecule has 2 aromatic rings. The minimum absolute atomic E-state index is 0.0816. The van der Waals surface area contributed by atoms with Crippen molar-refractivity contribution in [3.63, 3.8) is 0 Å². The predicted octanol–water partition coefficient (Wildman–Crippen LogP) is 3.84. The lowest BCUT2D eigenvalue weighted by Crippen LogP contribution is -2.46. The number of hydrogen-bond acceptors (Lipinski definition) is 5. The van der Waals surface area contributed by atoms with E-state index in [0.29, 0.717) is 24.5 Å². The first kappa shape index (κ1) is 20.2. The number of methoxy groups -OCH3 is 2. The molecular formula is C24H25NO5. The summed E-state index contributed by atoms with van der Waals surface area (Å²) in [4.78, 5) is 27.2. The van der Waals surface area contributed by atoms with Gasteiger partial charge in [0.25, 0.3) is 5.91 Å². The molecule has 0 N–H and O–H groups in total. The molecule has 0 saturated carbocycles. The Morgan fingerprint density at radius 1 is 1.20 bits per heavy atom. The van der Waals surface area contributed by atoms with Crippen LogP contribution in [0.15, 0.2) is 54.6 Å². The summed E-state index contributed by atoms with van der Waals surface area (Å²) in [6.45, 7) is 2.86. The summed E-state index contributed by atoms with van der Waals surface area (Å²) in [5.41, 5.74) is 1.97. The van der Waals surface area contributed by atoms with Crippen LogP contribution in [0.25, 0.3) is 0 Å². The fourth-order valence-corrected chi connectivity index (χ4v) is 4.24. The van der Waals surface area contributed by atoms with Crippen LogP contribution in [0.4, 0.5) is 5.69 Å². The fraction of sp³-hybridized carbons (Fsp3) is 0.333. The zero-order valence-electron chi connectivity index (χ0n) is 17.4. The van der Waals surface area contributed by atoms with Crippen LogP contribution in [-0.2, 0) is 26.4 Å². The number of hydrogen-bond donors (Lipinski definition) is 0. The summed E-state index contributed by atoms with van der Waals surface area (Å²) in [7, 11) is 2.97. The monoisotopic (exact) mass is 407 g/mol. The number of esters is 1. The van der Waals surface area contributed by atoms with Gasteiger partial charge >= 0.3 is 5.97 Å². The molecule has 1 spiro atoms. The molecule has 6 nitrogen and oxygen atoms in total. The van der Waals surface area contributed by atoms with Gasteiger partial charge in [-0.1, -0.05) is 31.2 Å². The van der Waals surface area contributed by atoms with Crippen molar-refractivity contribution < 1.29 is 23.8 Å². The van der Waals surface area contributed by atoms with Gasteiger partial charge in [0.15, 0.2) is 5.60 Å². The summed E-state index contributed by atoms with van der Waals surface area (Å²) >= 11 is 0. The number of rotatable bonds is 4. The van der Waals surface area contributed by atoms with E-state index in [1.54, 1.807) is 24.1 Å². The molecule has 2 aliphatic rings. The Morgan fingerprint density at radius 3 is 2.67 bits per heavy atom. The van der Waals surface area contributed by atoms with Crippen LogP contribution in [-0.4, -0.2) is 32.7 Å². The van der Waals surface area contributed by atoms with Crippen LogP contribution in [0.3, 0.4) is 0 Å². The van der Waals surface area contributed by atoms with Gasteiger partial charge in [0.1, 0.15) is 5.75 Å². The lowest BCUT2D eigenvalue weighted by molar-refractivity contribution is -0.148. The molecule has 0 fully saturated rings. The highest BCUT2D eigenvalue weighted by atomic mass is 16.5. The summed E-state index contributed by atoms with van der Waals surface area (Å²) in [6, 6.07) is 12.8. The Bertz CT molecular complexity index is 997. The Hall–Kier alpha value is -3.12. The number of benzene rings is 2. The zero-order chi connectivity index (χ0) is 21.3. The van der Waals surface area contributed by atoms with Gasteiger partial charge in [-0.3, -0.25) is 4.79 Å². The maximum atomic E-state index is 13.8. The normalized spacial score (nSPS) is 22.7. The molecule has 6 heteroatoms. The standard InChI is InChI=1S/C24H25NO5/c1-16-6-4-5-13-30-24(16)20-14-19(28-2)11-12-21(20)25(23(24)27)15-17-7-9-18(10-8-17)22(26)29-3/h4,6-12,14,16H,5,13,15H2,1-3H3/t16-,24+/m0/s1. The molecule has 0 radical (unpaired) electrons. The molecule has 1 amide bonds. The second-order valence-corrected chi connectivity index (χ2v) is 7.55. The average Bonchev–Trinajstić information content (AvgIpc) is 2.89. The molecule has 4 rings (SSSR count). The highest BCUT2D eigenvalue weighted by Gasteiger charge is 2.55. The molecule has 0 aliphatic carbocycles. The number of nitrogens with zero attached hydrogens (tertiary/aromatic N) is 1. The summed E-state index contributed by atoms with van der Waals surface area (Å²) < 4.78 is 16.4. The Kier molecular flexibility index (Phi) is 5.35. The molecule has 2 aliphatic heterocycles. The minimum Gasteiger partial charge on any atom is -0.497 e. The van der Waals surface area contributed by atoms with Gasteiger partial charge in [0, 0.05) is 11.5 Å². The van der Waals surface area contributed by atoms with Crippen LogP contribution in [0.2, 0.25) is 0 Å². The summed E-state index contributed by atoms with van der Waals surface area (Å²) in [5.74, 6) is 0.101. The molecule has 2 atom stereocenters. The molecule has 0 bridgehead atoms. The first-order valence-corrected chi connectivity index (χ1v) is 9.99. The number of carbonyl (C=O) groups is 2. The van der Waals surface area contributed by atoms with Crippen molar-refractivity contribution in [3.05, 3.63) is 71.3 Å². The van der Waals surface area contributed by atoms with E-state index in [1.165, 1.54) is 7.11 Å². The first-order chi connectivity index (χ1) is 14.5. The van der Waals surface area contributed by atoms with Crippen LogP contribution >= 0.6 is 0 Å².